The first kappa shape index (κ1) is 15.1. The average Bonchev–Trinajstić information content (AvgIpc) is 3.05. The molecule has 0 unspecified atom stereocenters. The fourth-order valence-corrected chi connectivity index (χ4v) is 3.23. The topological polar surface area (TPSA) is 50.1 Å². The van der Waals surface area contributed by atoms with E-state index in [1.165, 1.54) is 11.3 Å². The summed E-state index contributed by atoms with van der Waals surface area (Å²) in [5.41, 5.74) is 3.49. The Bertz CT molecular complexity index is 819. The number of aromatic nitrogens is 4. The van der Waals surface area contributed by atoms with Crippen molar-refractivity contribution in [2.45, 2.75) is 13.5 Å². The summed E-state index contributed by atoms with van der Waals surface area (Å²) in [6.07, 6.45) is 7.50. The predicted molar refractivity (Wildman–Crippen MR) is 95.2 cm³/mol. The van der Waals surface area contributed by atoms with Gasteiger partial charge in [0.1, 0.15) is 6.33 Å². The third-order valence-electron chi connectivity index (χ3n) is 4.63. The zero-order valence-electron chi connectivity index (χ0n) is 14.0. The maximum atomic E-state index is 4.36. The Hall–Kier alpha value is -2.47. The van der Waals surface area contributed by atoms with Crippen LogP contribution < -0.4 is 4.90 Å². The minimum Gasteiger partial charge on any atom is -0.369 e. The number of rotatable bonds is 4. The Balaban J connectivity index is 1.34. The summed E-state index contributed by atoms with van der Waals surface area (Å²) in [4.78, 5) is 13.4. The number of benzene rings is 1. The Morgan fingerprint density at radius 3 is 2.71 bits per heavy atom. The summed E-state index contributed by atoms with van der Waals surface area (Å²) in [5, 5.41) is 5.46. The SMILES string of the molecule is Cc1cnn(CCN2CCN(c3ccc4ncncc4c3)CC2)c1. The lowest BCUT2D eigenvalue weighted by molar-refractivity contribution is 0.244. The van der Waals surface area contributed by atoms with Crippen molar-refractivity contribution in [2.75, 3.05) is 37.6 Å². The third kappa shape index (κ3) is 3.23. The summed E-state index contributed by atoms with van der Waals surface area (Å²) in [5.74, 6) is 0. The Kier molecular flexibility index (Phi) is 4.13. The molecule has 0 radical (unpaired) electrons. The highest BCUT2D eigenvalue weighted by Gasteiger charge is 2.17. The summed E-state index contributed by atoms with van der Waals surface area (Å²) < 4.78 is 2.03. The van der Waals surface area contributed by atoms with E-state index in [4.69, 9.17) is 0 Å². The van der Waals surface area contributed by atoms with E-state index in [1.54, 1.807) is 6.33 Å². The van der Waals surface area contributed by atoms with Gasteiger partial charge in [-0.1, -0.05) is 0 Å². The van der Waals surface area contributed by atoms with Crippen molar-refractivity contribution in [2.24, 2.45) is 0 Å². The molecule has 3 heterocycles. The maximum Gasteiger partial charge on any atom is 0.116 e. The van der Waals surface area contributed by atoms with Gasteiger partial charge in [-0.2, -0.15) is 5.10 Å². The molecule has 0 aliphatic carbocycles. The zero-order chi connectivity index (χ0) is 16.4. The molecule has 6 nitrogen and oxygen atoms in total. The highest BCUT2D eigenvalue weighted by atomic mass is 15.3. The van der Waals surface area contributed by atoms with E-state index in [9.17, 15) is 0 Å². The molecule has 124 valence electrons. The molecule has 0 bridgehead atoms. The average molecular weight is 322 g/mol. The molecule has 1 aromatic carbocycles. The van der Waals surface area contributed by atoms with E-state index in [2.05, 4.69) is 56.2 Å². The van der Waals surface area contributed by atoms with Gasteiger partial charge in [-0.15, -0.1) is 0 Å². The highest BCUT2D eigenvalue weighted by molar-refractivity contribution is 5.81. The first-order chi connectivity index (χ1) is 11.8. The first-order valence-corrected chi connectivity index (χ1v) is 8.44. The van der Waals surface area contributed by atoms with Gasteiger partial charge in [-0.3, -0.25) is 9.58 Å². The summed E-state index contributed by atoms with van der Waals surface area (Å²) >= 11 is 0. The molecule has 2 aromatic heterocycles. The molecule has 6 heteroatoms. The minimum atomic E-state index is 0.959. The van der Waals surface area contributed by atoms with Crippen LogP contribution in [0.2, 0.25) is 0 Å². The number of anilines is 1. The molecule has 0 spiro atoms. The van der Waals surface area contributed by atoms with Crippen LogP contribution in [0.25, 0.3) is 10.9 Å². The number of aryl methyl sites for hydroxylation is 1. The maximum absolute atomic E-state index is 4.36. The van der Waals surface area contributed by atoms with E-state index in [-0.39, 0.29) is 0 Å². The molecule has 24 heavy (non-hydrogen) atoms. The molecule has 0 atom stereocenters. The van der Waals surface area contributed by atoms with Crippen LogP contribution in [-0.4, -0.2) is 57.4 Å². The molecule has 1 aliphatic heterocycles. The van der Waals surface area contributed by atoms with E-state index in [1.807, 2.05) is 17.1 Å². The van der Waals surface area contributed by atoms with Crippen LogP contribution in [0.4, 0.5) is 5.69 Å². The zero-order valence-corrected chi connectivity index (χ0v) is 14.0. The Labute approximate surface area is 141 Å². The lowest BCUT2D eigenvalue weighted by Gasteiger charge is -2.36. The number of hydrogen-bond acceptors (Lipinski definition) is 5. The van der Waals surface area contributed by atoms with Gasteiger partial charge in [0, 0.05) is 56.2 Å². The van der Waals surface area contributed by atoms with Crippen LogP contribution in [0.5, 0.6) is 0 Å². The van der Waals surface area contributed by atoms with Gasteiger partial charge in [0.05, 0.1) is 18.3 Å². The van der Waals surface area contributed by atoms with Crippen LogP contribution in [0.15, 0.2) is 43.1 Å². The third-order valence-corrected chi connectivity index (χ3v) is 4.63. The standard InChI is InChI=1S/C18H22N6/c1-15-11-21-24(13-15)9-6-22-4-7-23(8-5-22)17-2-3-18-16(10-17)12-19-14-20-18/h2-3,10-14H,4-9H2,1H3. The molecule has 0 saturated carbocycles. The molecule has 1 aliphatic rings. The van der Waals surface area contributed by atoms with Crippen molar-refractivity contribution < 1.29 is 0 Å². The van der Waals surface area contributed by atoms with Crippen LogP contribution >= 0.6 is 0 Å². The lowest BCUT2D eigenvalue weighted by atomic mass is 10.2. The lowest BCUT2D eigenvalue weighted by Crippen LogP contribution is -2.47. The molecule has 3 aromatic rings. The normalized spacial score (nSPS) is 16.0. The molecule has 0 N–H and O–H groups in total. The highest BCUT2D eigenvalue weighted by Crippen LogP contribution is 2.21. The van der Waals surface area contributed by atoms with Crippen LogP contribution in [0.1, 0.15) is 5.56 Å². The second-order valence-corrected chi connectivity index (χ2v) is 6.38. The van der Waals surface area contributed by atoms with Crippen LogP contribution in [0.3, 0.4) is 0 Å². The molecular weight excluding hydrogens is 300 g/mol. The summed E-state index contributed by atoms with van der Waals surface area (Å²) in [7, 11) is 0. The van der Waals surface area contributed by atoms with Gasteiger partial charge in [0.25, 0.3) is 0 Å². The first-order valence-electron chi connectivity index (χ1n) is 8.44. The van der Waals surface area contributed by atoms with Crippen molar-refractivity contribution in [3.8, 4) is 0 Å². The van der Waals surface area contributed by atoms with Gasteiger partial charge in [0.15, 0.2) is 0 Å². The number of piperazine rings is 1. The number of fused-ring (bicyclic) bond motifs is 1. The van der Waals surface area contributed by atoms with Crippen LogP contribution in [-0.2, 0) is 6.54 Å². The minimum absolute atomic E-state index is 0.959. The van der Waals surface area contributed by atoms with Gasteiger partial charge >= 0.3 is 0 Å². The molecule has 4 rings (SSSR count). The van der Waals surface area contributed by atoms with Gasteiger partial charge in [-0.25, -0.2) is 9.97 Å². The van der Waals surface area contributed by atoms with E-state index in [0.29, 0.717) is 0 Å². The quantitative estimate of drug-likeness (QED) is 0.735. The van der Waals surface area contributed by atoms with Crippen molar-refractivity contribution in [3.05, 3.63) is 48.7 Å². The fourth-order valence-electron chi connectivity index (χ4n) is 3.23. The van der Waals surface area contributed by atoms with Crippen molar-refractivity contribution in [1.29, 1.82) is 0 Å². The summed E-state index contributed by atoms with van der Waals surface area (Å²) in [6.45, 7) is 8.38. The van der Waals surface area contributed by atoms with Gasteiger partial charge < -0.3 is 4.90 Å². The Morgan fingerprint density at radius 2 is 1.92 bits per heavy atom. The van der Waals surface area contributed by atoms with Gasteiger partial charge in [0.2, 0.25) is 0 Å². The molecule has 1 fully saturated rings. The number of nitrogens with zero attached hydrogens (tertiary/aromatic N) is 6. The predicted octanol–water partition coefficient (Wildman–Crippen LogP) is 1.96. The largest absolute Gasteiger partial charge is 0.369 e. The smallest absolute Gasteiger partial charge is 0.116 e. The van der Waals surface area contributed by atoms with Crippen molar-refractivity contribution >= 4 is 16.6 Å². The second-order valence-electron chi connectivity index (χ2n) is 6.38. The molecule has 1 saturated heterocycles. The van der Waals surface area contributed by atoms with E-state index < -0.39 is 0 Å². The number of hydrogen-bond donors (Lipinski definition) is 0. The van der Waals surface area contributed by atoms with Gasteiger partial charge in [-0.05, 0) is 30.7 Å². The monoisotopic (exact) mass is 322 g/mol. The van der Waals surface area contributed by atoms with Crippen molar-refractivity contribution in [1.82, 2.24) is 24.6 Å². The van der Waals surface area contributed by atoms with E-state index >= 15 is 0 Å². The molecule has 0 amide bonds. The van der Waals surface area contributed by atoms with E-state index in [0.717, 1.165) is 50.2 Å². The van der Waals surface area contributed by atoms with Crippen LogP contribution in [0, 0.1) is 6.92 Å². The molecular formula is C18H22N6. The van der Waals surface area contributed by atoms with Crippen molar-refractivity contribution in [3.63, 3.8) is 0 Å². The Morgan fingerprint density at radius 1 is 1.04 bits per heavy atom. The second kappa shape index (κ2) is 6.57. The summed E-state index contributed by atoms with van der Waals surface area (Å²) in [6, 6.07) is 6.44. The fraction of sp³-hybridized carbons (Fsp3) is 0.389.